The molecule has 0 saturated heterocycles. The molecule has 0 aromatic heterocycles. The van der Waals surface area contributed by atoms with Gasteiger partial charge in [0, 0.05) is 0 Å². The van der Waals surface area contributed by atoms with Crippen LogP contribution >= 0.6 is 12.4 Å². The molecule has 0 aliphatic carbocycles. The van der Waals surface area contributed by atoms with E-state index in [-0.39, 0.29) is 23.9 Å². The van der Waals surface area contributed by atoms with E-state index in [1.165, 1.54) is 5.56 Å². The molecular formula is C15H26ClNO. The van der Waals surface area contributed by atoms with Crippen LogP contribution in [0.3, 0.4) is 0 Å². The molecule has 0 amide bonds. The fourth-order valence-electron chi connectivity index (χ4n) is 1.90. The quantitative estimate of drug-likeness (QED) is 0.879. The topological polar surface area (TPSA) is 46.2 Å². The maximum absolute atomic E-state index is 9.88. The average molecular weight is 272 g/mol. The van der Waals surface area contributed by atoms with Crippen molar-refractivity contribution in [3.05, 3.63) is 35.4 Å². The molecule has 2 nitrogen and oxygen atoms in total. The van der Waals surface area contributed by atoms with Crippen molar-refractivity contribution >= 4 is 12.4 Å². The molecule has 0 unspecified atom stereocenters. The summed E-state index contributed by atoms with van der Waals surface area (Å²) >= 11 is 0. The van der Waals surface area contributed by atoms with Gasteiger partial charge < -0.3 is 10.8 Å². The number of aliphatic hydroxyl groups is 1. The predicted octanol–water partition coefficient (Wildman–Crippen LogP) is 3.57. The summed E-state index contributed by atoms with van der Waals surface area (Å²) in [6.07, 6.45) is 1.26. The van der Waals surface area contributed by atoms with Crippen molar-refractivity contribution in [1.29, 1.82) is 0 Å². The SMILES string of the molecule is CCC[C@@H](O)[C@@H](N)c1ccc(C(C)(C)C)cc1.Cl. The van der Waals surface area contributed by atoms with Crippen LogP contribution < -0.4 is 5.73 Å². The molecule has 18 heavy (non-hydrogen) atoms. The number of aliphatic hydroxyl groups excluding tert-OH is 1. The number of halogens is 1. The van der Waals surface area contributed by atoms with E-state index in [2.05, 4.69) is 39.8 Å². The Morgan fingerprint density at radius 3 is 2.06 bits per heavy atom. The third-order valence-electron chi connectivity index (χ3n) is 3.16. The van der Waals surface area contributed by atoms with Crippen LogP contribution in [0.1, 0.15) is 57.7 Å². The molecule has 1 aromatic rings. The highest BCUT2D eigenvalue weighted by atomic mass is 35.5. The lowest BCUT2D eigenvalue weighted by atomic mass is 9.86. The maximum atomic E-state index is 9.88. The summed E-state index contributed by atoms with van der Waals surface area (Å²) in [5.41, 5.74) is 8.49. The number of benzene rings is 1. The second kappa shape index (κ2) is 7.13. The second-order valence-electron chi connectivity index (χ2n) is 5.75. The van der Waals surface area contributed by atoms with Crippen molar-refractivity contribution in [3.63, 3.8) is 0 Å². The Morgan fingerprint density at radius 1 is 1.17 bits per heavy atom. The maximum Gasteiger partial charge on any atom is 0.0732 e. The fourth-order valence-corrected chi connectivity index (χ4v) is 1.90. The monoisotopic (exact) mass is 271 g/mol. The van der Waals surface area contributed by atoms with Crippen LogP contribution in [0.25, 0.3) is 0 Å². The molecular weight excluding hydrogens is 246 g/mol. The van der Waals surface area contributed by atoms with Crippen molar-refractivity contribution < 1.29 is 5.11 Å². The highest BCUT2D eigenvalue weighted by Crippen LogP contribution is 2.24. The number of hydrogen-bond donors (Lipinski definition) is 2. The van der Waals surface area contributed by atoms with Crippen molar-refractivity contribution in [2.24, 2.45) is 5.73 Å². The Morgan fingerprint density at radius 2 is 1.67 bits per heavy atom. The van der Waals surface area contributed by atoms with Crippen LogP contribution in [-0.2, 0) is 5.41 Å². The second-order valence-corrected chi connectivity index (χ2v) is 5.75. The fraction of sp³-hybridized carbons (Fsp3) is 0.600. The smallest absolute Gasteiger partial charge is 0.0732 e. The van der Waals surface area contributed by atoms with E-state index >= 15 is 0 Å². The van der Waals surface area contributed by atoms with Crippen LogP contribution in [-0.4, -0.2) is 11.2 Å². The summed E-state index contributed by atoms with van der Waals surface area (Å²) in [4.78, 5) is 0. The van der Waals surface area contributed by atoms with Gasteiger partial charge in [-0.15, -0.1) is 12.4 Å². The summed E-state index contributed by atoms with van der Waals surface area (Å²) < 4.78 is 0. The molecule has 0 spiro atoms. The minimum atomic E-state index is -0.444. The highest BCUT2D eigenvalue weighted by molar-refractivity contribution is 5.85. The van der Waals surface area contributed by atoms with Gasteiger partial charge in [-0.1, -0.05) is 58.4 Å². The van der Waals surface area contributed by atoms with Gasteiger partial charge in [0.2, 0.25) is 0 Å². The van der Waals surface area contributed by atoms with Gasteiger partial charge in [0.05, 0.1) is 12.1 Å². The van der Waals surface area contributed by atoms with Gasteiger partial charge in [0.1, 0.15) is 0 Å². The van der Waals surface area contributed by atoms with Crippen molar-refractivity contribution in [3.8, 4) is 0 Å². The molecule has 2 atom stereocenters. The van der Waals surface area contributed by atoms with E-state index in [1.807, 2.05) is 12.1 Å². The van der Waals surface area contributed by atoms with E-state index in [0.29, 0.717) is 0 Å². The molecule has 0 fully saturated rings. The van der Waals surface area contributed by atoms with Crippen LogP contribution in [0, 0.1) is 0 Å². The summed E-state index contributed by atoms with van der Waals surface area (Å²) in [5, 5.41) is 9.88. The summed E-state index contributed by atoms with van der Waals surface area (Å²) in [6, 6.07) is 8.00. The Bertz CT molecular complexity index is 343. The van der Waals surface area contributed by atoms with Gasteiger partial charge >= 0.3 is 0 Å². The van der Waals surface area contributed by atoms with Crippen LogP contribution in [0.2, 0.25) is 0 Å². The van der Waals surface area contributed by atoms with Crippen LogP contribution in [0.5, 0.6) is 0 Å². The first kappa shape index (κ1) is 17.4. The van der Waals surface area contributed by atoms with Gasteiger partial charge in [-0.3, -0.25) is 0 Å². The molecule has 1 aromatic carbocycles. The number of rotatable bonds is 4. The zero-order chi connectivity index (χ0) is 13.1. The molecule has 104 valence electrons. The van der Waals surface area contributed by atoms with Gasteiger partial charge in [0.15, 0.2) is 0 Å². The third-order valence-corrected chi connectivity index (χ3v) is 3.16. The molecule has 0 aliphatic rings. The molecule has 0 radical (unpaired) electrons. The number of hydrogen-bond acceptors (Lipinski definition) is 2. The lowest BCUT2D eigenvalue weighted by Crippen LogP contribution is -2.26. The molecule has 1 rings (SSSR count). The third kappa shape index (κ3) is 4.60. The molecule has 0 aliphatic heterocycles. The van der Waals surface area contributed by atoms with Gasteiger partial charge in [-0.05, 0) is 23.0 Å². The zero-order valence-corrected chi connectivity index (χ0v) is 12.6. The van der Waals surface area contributed by atoms with Crippen LogP contribution in [0.4, 0.5) is 0 Å². The lowest BCUT2D eigenvalue weighted by molar-refractivity contribution is 0.134. The molecule has 3 N–H and O–H groups in total. The molecule has 3 heteroatoms. The zero-order valence-electron chi connectivity index (χ0n) is 11.8. The minimum absolute atomic E-state index is 0. The summed E-state index contributed by atoms with van der Waals surface area (Å²) in [7, 11) is 0. The summed E-state index contributed by atoms with van der Waals surface area (Å²) in [5.74, 6) is 0. The Balaban J connectivity index is 0.00000289. The lowest BCUT2D eigenvalue weighted by Gasteiger charge is -2.22. The van der Waals surface area contributed by atoms with E-state index in [4.69, 9.17) is 5.73 Å². The normalized spacial score (nSPS) is 14.8. The number of nitrogens with two attached hydrogens (primary N) is 1. The molecule has 0 heterocycles. The van der Waals surface area contributed by atoms with E-state index < -0.39 is 6.10 Å². The predicted molar refractivity (Wildman–Crippen MR) is 80.2 cm³/mol. The largest absolute Gasteiger partial charge is 0.391 e. The first-order chi connectivity index (χ1) is 7.86. The average Bonchev–Trinajstić information content (AvgIpc) is 2.27. The first-order valence-corrected chi connectivity index (χ1v) is 6.40. The van der Waals surface area contributed by atoms with E-state index in [9.17, 15) is 5.11 Å². The Kier molecular flexibility index (Phi) is 6.90. The van der Waals surface area contributed by atoms with Crippen molar-refractivity contribution in [2.45, 2.75) is 58.1 Å². The standard InChI is InChI=1S/C15H25NO.ClH/c1-5-6-13(17)14(16)11-7-9-12(10-8-11)15(2,3)4;/h7-10,13-14,17H,5-6,16H2,1-4H3;1H/t13-,14+;/m1./s1. The minimum Gasteiger partial charge on any atom is -0.391 e. The molecule has 0 bridgehead atoms. The van der Waals surface area contributed by atoms with Crippen molar-refractivity contribution in [2.75, 3.05) is 0 Å². The van der Waals surface area contributed by atoms with Gasteiger partial charge in [0.25, 0.3) is 0 Å². The highest BCUT2D eigenvalue weighted by Gasteiger charge is 2.17. The Hall–Kier alpha value is -0.570. The van der Waals surface area contributed by atoms with E-state index in [1.54, 1.807) is 0 Å². The van der Waals surface area contributed by atoms with Crippen molar-refractivity contribution in [1.82, 2.24) is 0 Å². The molecule has 0 saturated carbocycles. The van der Waals surface area contributed by atoms with Gasteiger partial charge in [-0.25, -0.2) is 0 Å². The van der Waals surface area contributed by atoms with Crippen LogP contribution in [0.15, 0.2) is 24.3 Å². The first-order valence-electron chi connectivity index (χ1n) is 6.40. The van der Waals surface area contributed by atoms with Gasteiger partial charge in [-0.2, -0.15) is 0 Å². The summed E-state index contributed by atoms with van der Waals surface area (Å²) in [6.45, 7) is 8.62. The van der Waals surface area contributed by atoms with E-state index in [0.717, 1.165) is 18.4 Å². The Labute approximate surface area is 117 Å².